The van der Waals surface area contributed by atoms with Crippen molar-refractivity contribution in [2.45, 2.75) is 44.9 Å². The number of carbonyl (C=O) groups is 1. The second kappa shape index (κ2) is 11.6. The summed E-state index contributed by atoms with van der Waals surface area (Å²) < 4.78 is 43.0. The van der Waals surface area contributed by atoms with Gasteiger partial charge in [-0.1, -0.05) is 6.92 Å². The maximum absolute atomic E-state index is 15.2. The van der Waals surface area contributed by atoms with E-state index < -0.39 is 11.6 Å². The number of imidazole rings is 1. The molecule has 12 heteroatoms. The summed E-state index contributed by atoms with van der Waals surface area (Å²) in [5.41, 5.74) is 8.93. The molecule has 0 spiro atoms. The number of ether oxygens (including phenoxy) is 2. The number of hydrogen-bond acceptors (Lipinski definition) is 8. The molecule has 3 aromatic heterocycles. The maximum atomic E-state index is 15.2. The number of aromatic nitrogens is 4. The lowest BCUT2D eigenvalue weighted by molar-refractivity contribution is -0.120. The van der Waals surface area contributed by atoms with Gasteiger partial charge in [-0.15, -0.1) is 0 Å². The highest BCUT2D eigenvalue weighted by Gasteiger charge is 2.34. The minimum absolute atomic E-state index is 0.0957. The van der Waals surface area contributed by atoms with Crippen molar-refractivity contribution in [2.75, 3.05) is 31.2 Å². The van der Waals surface area contributed by atoms with Crippen LogP contribution in [-0.4, -0.2) is 70.0 Å². The van der Waals surface area contributed by atoms with Crippen LogP contribution >= 0.6 is 0 Å². The summed E-state index contributed by atoms with van der Waals surface area (Å²) in [4.78, 5) is 22.8. The summed E-state index contributed by atoms with van der Waals surface area (Å²) in [6.07, 6.45) is 6.01. The Balaban J connectivity index is 1.27. The van der Waals surface area contributed by atoms with Crippen molar-refractivity contribution in [3.05, 3.63) is 71.9 Å². The van der Waals surface area contributed by atoms with Crippen LogP contribution in [0.4, 0.5) is 14.5 Å². The quantitative estimate of drug-likeness (QED) is 0.344. The maximum Gasteiger partial charge on any atom is 0.217 e. The molecule has 4 atom stereocenters. The Kier molecular flexibility index (Phi) is 7.74. The largest absolute Gasteiger partial charge is 0.488 e. The predicted molar refractivity (Wildman–Crippen MR) is 152 cm³/mol. The van der Waals surface area contributed by atoms with E-state index in [2.05, 4.69) is 32.2 Å². The Bertz CT molecular complexity index is 1570. The molecule has 2 aliphatic heterocycles. The first kappa shape index (κ1) is 28.0. The van der Waals surface area contributed by atoms with Crippen LogP contribution < -0.4 is 20.7 Å². The average molecular weight is 578 g/mol. The van der Waals surface area contributed by atoms with Gasteiger partial charge in [-0.05, 0) is 24.1 Å². The van der Waals surface area contributed by atoms with E-state index in [1.54, 1.807) is 35.2 Å². The SMILES string of the molecule is CC(=O)N[C@@H]1[C@H](N)CN(c2ccncc2Cc2ncc3ccc(-c4c(F)cc(OC5CCOC5)cc4F)nn23)C[C@@H]1C. The van der Waals surface area contributed by atoms with Gasteiger partial charge < -0.3 is 25.4 Å². The Hall–Kier alpha value is -4.16. The Morgan fingerprint density at radius 1 is 1.19 bits per heavy atom. The summed E-state index contributed by atoms with van der Waals surface area (Å²) in [5, 5.41) is 7.56. The summed E-state index contributed by atoms with van der Waals surface area (Å²) in [5.74, 6) is -0.786. The van der Waals surface area contributed by atoms with Crippen LogP contribution in [0.3, 0.4) is 0 Å². The Morgan fingerprint density at radius 3 is 2.71 bits per heavy atom. The minimum atomic E-state index is -0.764. The molecule has 6 rings (SSSR count). The molecule has 1 aromatic carbocycles. The van der Waals surface area contributed by atoms with Crippen molar-refractivity contribution in [1.82, 2.24) is 24.9 Å². The zero-order valence-electron chi connectivity index (χ0n) is 23.5. The third kappa shape index (κ3) is 5.64. The number of benzene rings is 1. The standard InChI is InChI=1S/C30H33F2N7O3/c1-17-14-38(15-25(33)30(17)36-18(2)40)27-5-7-34-12-19(27)9-28-35-13-20-3-4-26(37-39(20)28)29-23(31)10-22(11-24(29)32)42-21-6-8-41-16-21/h3-5,7,10-13,17,21,25,30H,6,8-9,14-16,33H2,1-2H3,(H,36,40)/t17-,21?,25+,30-/m0/s1. The summed E-state index contributed by atoms with van der Waals surface area (Å²) in [6, 6.07) is 7.25. The van der Waals surface area contributed by atoms with Gasteiger partial charge in [0.25, 0.3) is 0 Å². The highest BCUT2D eigenvalue weighted by atomic mass is 19.1. The monoisotopic (exact) mass is 577 g/mol. The van der Waals surface area contributed by atoms with Gasteiger partial charge in [0.05, 0.1) is 36.2 Å². The Labute approximate surface area is 241 Å². The van der Waals surface area contributed by atoms with Crippen LogP contribution in [0.1, 0.15) is 31.7 Å². The molecule has 2 fully saturated rings. The van der Waals surface area contributed by atoms with Gasteiger partial charge in [0, 0.05) is 80.7 Å². The molecule has 2 saturated heterocycles. The second-order valence-electron chi connectivity index (χ2n) is 11.0. The van der Waals surface area contributed by atoms with E-state index in [1.165, 1.54) is 19.1 Å². The van der Waals surface area contributed by atoms with Gasteiger partial charge in [0.1, 0.15) is 29.3 Å². The van der Waals surface area contributed by atoms with Crippen molar-refractivity contribution in [2.24, 2.45) is 11.7 Å². The Morgan fingerprint density at radius 2 is 2.00 bits per heavy atom. The molecule has 2 aliphatic rings. The zero-order valence-corrected chi connectivity index (χ0v) is 23.5. The fraction of sp³-hybridized carbons (Fsp3) is 0.400. The van der Waals surface area contributed by atoms with Crippen molar-refractivity contribution in [3.8, 4) is 17.0 Å². The molecule has 220 valence electrons. The van der Waals surface area contributed by atoms with E-state index in [9.17, 15) is 4.79 Å². The number of nitrogens with zero attached hydrogens (tertiary/aromatic N) is 5. The molecule has 1 unspecified atom stereocenters. The van der Waals surface area contributed by atoms with Crippen molar-refractivity contribution in [3.63, 3.8) is 0 Å². The molecule has 4 aromatic rings. The van der Waals surface area contributed by atoms with E-state index >= 15 is 8.78 Å². The zero-order chi connectivity index (χ0) is 29.4. The molecule has 0 bridgehead atoms. The number of pyridine rings is 1. The summed E-state index contributed by atoms with van der Waals surface area (Å²) >= 11 is 0. The number of carbonyl (C=O) groups excluding carboxylic acids is 1. The smallest absolute Gasteiger partial charge is 0.217 e. The van der Waals surface area contributed by atoms with Gasteiger partial charge >= 0.3 is 0 Å². The van der Waals surface area contributed by atoms with Gasteiger partial charge in [0.15, 0.2) is 0 Å². The van der Waals surface area contributed by atoms with Crippen LogP contribution in [0.15, 0.2) is 48.9 Å². The number of nitrogens with two attached hydrogens (primary N) is 1. The molecule has 0 saturated carbocycles. The first-order chi connectivity index (χ1) is 20.3. The predicted octanol–water partition coefficient (Wildman–Crippen LogP) is 3.12. The van der Waals surface area contributed by atoms with Crippen LogP contribution in [0, 0.1) is 17.6 Å². The first-order valence-electron chi connectivity index (χ1n) is 14.0. The van der Waals surface area contributed by atoms with Crippen LogP contribution in [-0.2, 0) is 16.0 Å². The molecule has 3 N–H and O–H groups in total. The van der Waals surface area contributed by atoms with E-state index in [0.29, 0.717) is 50.5 Å². The van der Waals surface area contributed by atoms with Gasteiger partial charge in [0.2, 0.25) is 5.91 Å². The summed E-state index contributed by atoms with van der Waals surface area (Å²) in [7, 11) is 0. The topological polar surface area (TPSA) is 120 Å². The number of anilines is 1. The van der Waals surface area contributed by atoms with Crippen LogP contribution in [0.5, 0.6) is 5.75 Å². The number of hydrogen-bond donors (Lipinski definition) is 2. The molecule has 10 nitrogen and oxygen atoms in total. The van der Waals surface area contributed by atoms with E-state index in [-0.39, 0.29) is 47.0 Å². The molecule has 42 heavy (non-hydrogen) atoms. The molecular weight excluding hydrogens is 544 g/mol. The average Bonchev–Trinajstić information content (AvgIpc) is 3.60. The number of rotatable bonds is 7. The van der Waals surface area contributed by atoms with Crippen molar-refractivity contribution < 1.29 is 23.0 Å². The highest BCUT2D eigenvalue weighted by Crippen LogP contribution is 2.31. The number of fused-ring (bicyclic) bond motifs is 1. The van der Waals surface area contributed by atoms with E-state index in [0.717, 1.165) is 11.3 Å². The first-order valence-corrected chi connectivity index (χ1v) is 14.0. The van der Waals surface area contributed by atoms with Crippen LogP contribution in [0.2, 0.25) is 0 Å². The molecule has 1 amide bonds. The van der Waals surface area contributed by atoms with E-state index in [4.69, 9.17) is 15.2 Å². The number of nitrogens with one attached hydrogen (secondary N) is 1. The fourth-order valence-electron chi connectivity index (χ4n) is 5.89. The molecule has 0 radical (unpaired) electrons. The molecule has 5 heterocycles. The van der Waals surface area contributed by atoms with E-state index in [1.807, 2.05) is 6.07 Å². The van der Waals surface area contributed by atoms with Crippen molar-refractivity contribution >= 4 is 17.1 Å². The van der Waals surface area contributed by atoms with Gasteiger partial charge in [-0.25, -0.2) is 18.3 Å². The number of amides is 1. The van der Waals surface area contributed by atoms with Gasteiger partial charge in [-0.2, -0.15) is 5.10 Å². The molecule has 0 aliphatic carbocycles. The fourth-order valence-corrected chi connectivity index (χ4v) is 5.89. The lowest BCUT2D eigenvalue weighted by Gasteiger charge is -2.43. The van der Waals surface area contributed by atoms with Crippen molar-refractivity contribution in [1.29, 1.82) is 0 Å². The lowest BCUT2D eigenvalue weighted by atomic mass is 9.89. The van der Waals surface area contributed by atoms with Gasteiger partial charge in [-0.3, -0.25) is 9.78 Å². The normalized spacial score (nSPS) is 22.5. The highest BCUT2D eigenvalue weighted by molar-refractivity contribution is 5.73. The third-order valence-electron chi connectivity index (χ3n) is 7.87. The second-order valence-corrected chi connectivity index (χ2v) is 11.0. The van der Waals surface area contributed by atoms with Crippen LogP contribution in [0.25, 0.3) is 16.8 Å². The summed E-state index contributed by atoms with van der Waals surface area (Å²) in [6.45, 7) is 5.79. The minimum Gasteiger partial charge on any atom is -0.488 e. The number of halogens is 2. The number of piperidine rings is 1. The molecular formula is C30H33F2N7O3. The third-order valence-corrected chi connectivity index (χ3v) is 7.87. The lowest BCUT2D eigenvalue weighted by Crippen LogP contribution is -2.61.